The summed E-state index contributed by atoms with van der Waals surface area (Å²) in [5.41, 5.74) is 5.05. The molecule has 2 heterocycles. The van der Waals surface area contributed by atoms with Crippen molar-refractivity contribution in [3.63, 3.8) is 0 Å². The predicted octanol–water partition coefficient (Wildman–Crippen LogP) is 3.75. The van der Waals surface area contributed by atoms with Gasteiger partial charge in [0.1, 0.15) is 5.60 Å². The van der Waals surface area contributed by atoms with Crippen LogP contribution < -0.4 is 15.0 Å². The molecule has 0 aromatic heterocycles. The second kappa shape index (κ2) is 7.12. The number of likely N-dealkylation sites (tertiary alicyclic amines) is 1. The minimum Gasteiger partial charge on any atom is -0.493 e. The number of hydrogen-bond donors (Lipinski definition) is 1. The van der Waals surface area contributed by atoms with Crippen LogP contribution in [0.15, 0.2) is 24.3 Å². The first kappa shape index (κ1) is 17.7. The van der Waals surface area contributed by atoms with E-state index in [1.54, 1.807) is 7.11 Å². The molecule has 4 rings (SSSR count). The topological polar surface area (TPSA) is 43.0 Å². The Morgan fingerprint density at radius 2 is 2.04 bits per heavy atom. The molecule has 1 spiro atoms. The van der Waals surface area contributed by atoms with Crippen molar-refractivity contribution in [2.75, 3.05) is 20.2 Å². The highest BCUT2D eigenvalue weighted by atomic mass is 16.7. The van der Waals surface area contributed by atoms with Gasteiger partial charge in [-0.05, 0) is 70.2 Å². The van der Waals surface area contributed by atoms with Gasteiger partial charge in [0.2, 0.25) is 0 Å². The SMILES string of the molecule is COc1ccc(C2=CC3(CCN(C(C)C)C3)ON2)cc1OC1CCCC1. The Balaban J connectivity index is 1.55. The third-order valence-corrected chi connectivity index (χ3v) is 5.87. The maximum Gasteiger partial charge on any atom is 0.162 e. The molecule has 2 aliphatic heterocycles. The quantitative estimate of drug-likeness (QED) is 0.868. The molecule has 1 aromatic rings. The zero-order chi connectivity index (χ0) is 18.1. The van der Waals surface area contributed by atoms with Gasteiger partial charge in [-0.1, -0.05) is 0 Å². The molecule has 1 N–H and O–H groups in total. The fourth-order valence-electron chi connectivity index (χ4n) is 4.22. The number of ether oxygens (including phenoxy) is 2. The first-order valence-corrected chi connectivity index (χ1v) is 9.84. The van der Waals surface area contributed by atoms with E-state index in [1.807, 2.05) is 6.07 Å². The number of benzene rings is 1. The summed E-state index contributed by atoms with van der Waals surface area (Å²) in [7, 11) is 1.70. The van der Waals surface area contributed by atoms with Gasteiger partial charge in [0.05, 0.1) is 18.9 Å². The molecule has 1 unspecified atom stereocenters. The van der Waals surface area contributed by atoms with Gasteiger partial charge in [-0.3, -0.25) is 15.2 Å². The summed E-state index contributed by atoms with van der Waals surface area (Å²) in [6.07, 6.45) is 8.34. The Kier molecular flexibility index (Phi) is 4.84. The van der Waals surface area contributed by atoms with E-state index in [-0.39, 0.29) is 5.60 Å². The standard InChI is InChI=1S/C21H30N2O3/c1-15(2)23-11-10-21(14-23)13-18(22-26-21)16-8-9-19(24-3)20(12-16)25-17-6-4-5-7-17/h8-9,12-13,15,17,22H,4-7,10-11,14H2,1-3H3. The van der Waals surface area contributed by atoms with Crippen molar-refractivity contribution in [2.24, 2.45) is 0 Å². The van der Waals surface area contributed by atoms with Crippen LogP contribution in [0, 0.1) is 0 Å². The van der Waals surface area contributed by atoms with Crippen molar-refractivity contribution < 1.29 is 14.3 Å². The minimum absolute atomic E-state index is 0.216. The van der Waals surface area contributed by atoms with Crippen molar-refractivity contribution in [3.05, 3.63) is 29.8 Å². The highest BCUT2D eigenvalue weighted by molar-refractivity contribution is 5.68. The van der Waals surface area contributed by atoms with Gasteiger partial charge < -0.3 is 9.47 Å². The molecule has 0 bridgehead atoms. The fraction of sp³-hybridized carbons (Fsp3) is 0.619. The van der Waals surface area contributed by atoms with Gasteiger partial charge >= 0.3 is 0 Å². The number of hydrogen-bond acceptors (Lipinski definition) is 5. The monoisotopic (exact) mass is 358 g/mol. The maximum absolute atomic E-state index is 6.23. The zero-order valence-corrected chi connectivity index (χ0v) is 16.1. The van der Waals surface area contributed by atoms with Crippen molar-refractivity contribution >= 4 is 5.70 Å². The predicted molar refractivity (Wildman–Crippen MR) is 102 cm³/mol. The number of nitrogens with zero attached hydrogens (tertiary/aromatic N) is 1. The third kappa shape index (κ3) is 3.42. The second-order valence-corrected chi connectivity index (χ2v) is 8.03. The molecular weight excluding hydrogens is 328 g/mol. The molecule has 3 aliphatic rings. The Morgan fingerprint density at radius 1 is 1.23 bits per heavy atom. The van der Waals surface area contributed by atoms with Gasteiger partial charge in [0, 0.05) is 24.7 Å². The van der Waals surface area contributed by atoms with E-state index >= 15 is 0 Å². The van der Waals surface area contributed by atoms with E-state index in [2.05, 4.69) is 42.4 Å². The summed E-state index contributed by atoms with van der Waals surface area (Å²) >= 11 is 0. The Hall–Kier alpha value is -1.72. The largest absolute Gasteiger partial charge is 0.493 e. The average Bonchev–Trinajstić information content (AvgIpc) is 3.38. The lowest BCUT2D eigenvalue weighted by Gasteiger charge is -2.23. The van der Waals surface area contributed by atoms with Crippen LogP contribution in [0.25, 0.3) is 5.70 Å². The molecule has 1 saturated carbocycles. The first-order valence-electron chi connectivity index (χ1n) is 9.84. The molecule has 1 atom stereocenters. The van der Waals surface area contributed by atoms with Crippen molar-refractivity contribution in [1.82, 2.24) is 10.4 Å². The highest BCUT2D eigenvalue weighted by Crippen LogP contribution is 2.38. The summed E-state index contributed by atoms with van der Waals surface area (Å²) in [4.78, 5) is 8.48. The van der Waals surface area contributed by atoms with Crippen LogP contribution in [-0.4, -0.2) is 42.8 Å². The van der Waals surface area contributed by atoms with E-state index in [1.165, 1.54) is 12.8 Å². The van der Waals surface area contributed by atoms with Crippen LogP contribution in [0.1, 0.15) is 51.5 Å². The van der Waals surface area contributed by atoms with Crippen LogP contribution >= 0.6 is 0 Å². The number of hydroxylamine groups is 1. The van der Waals surface area contributed by atoms with Crippen molar-refractivity contribution in [1.29, 1.82) is 0 Å². The highest BCUT2D eigenvalue weighted by Gasteiger charge is 2.42. The average molecular weight is 358 g/mol. The van der Waals surface area contributed by atoms with E-state index in [0.29, 0.717) is 12.1 Å². The van der Waals surface area contributed by atoms with Gasteiger partial charge in [0.25, 0.3) is 0 Å². The molecular formula is C21H30N2O3. The summed E-state index contributed by atoms with van der Waals surface area (Å²) in [5, 5.41) is 0. The van der Waals surface area contributed by atoms with Crippen LogP contribution in [0.5, 0.6) is 11.5 Å². The van der Waals surface area contributed by atoms with Crippen molar-refractivity contribution in [3.8, 4) is 11.5 Å². The third-order valence-electron chi connectivity index (χ3n) is 5.87. The molecule has 5 nitrogen and oxygen atoms in total. The van der Waals surface area contributed by atoms with Crippen LogP contribution in [-0.2, 0) is 4.84 Å². The first-order chi connectivity index (χ1) is 12.6. The lowest BCUT2D eigenvalue weighted by molar-refractivity contribution is -0.0279. The fourth-order valence-corrected chi connectivity index (χ4v) is 4.22. The molecule has 5 heteroatoms. The van der Waals surface area contributed by atoms with E-state index in [0.717, 1.165) is 55.1 Å². The number of rotatable bonds is 5. The summed E-state index contributed by atoms with van der Waals surface area (Å²) in [6, 6.07) is 6.68. The van der Waals surface area contributed by atoms with E-state index in [4.69, 9.17) is 14.3 Å². The van der Waals surface area contributed by atoms with Gasteiger partial charge in [-0.2, -0.15) is 0 Å². The Bertz CT molecular complexity index is 682. The lowest BCUT2D eigenvalue weighted by atomic mass is 10.0. The van der Waals surface area contributed by atoms with Gasteiger partial charge in [0.15, 0.2) is 11.5 Å². The minimum atomic E-state index is -0.216. The molecule has 0 radical (unpaired) electrons. The summed E-state index contributed by atoms with van der Waals surface area (Å²) in [5.74, 6) is 1.62. The zero-order valence-electron chi connectivity index (χ0n) is 16.1. The summed E-state index contributed by atoms with van der Waals surface area (Å²) in [6.45, 7) is 6.48. The molecule has 1 aromatic carbocycles. The smallest absolute Gasteiger partial charge is 0.162 e. The molecule has 1 aliphatic carbocycles. The molecule has 26 heavy (non-hydrogen) atoms. The van der Waals surface area contributed by atoms with Crippen LogP contribution in [0.3, 0.4) is 0 Å². The maximum atomic E-state index is 6.23. The van der Waals surface area contributed by atoms with Gasteiger partial charge in [-0.25, -0.2) is 0 Å². The lowest BCUT2D eigenvalue weighted by Crippen LogP contribution is -2.36. The van der Waals surface area contributed by atoms with Crippen LogP contribution in [0.4, 0.5) is 0 Å². The van der Waals surface area contributed by atoms with Crippen LogP contribution in [0.2, 0.25) is 0 Å². The number of methoxy groups -OCH3 is 1. The van der Waals surface area contributed by atoms with Crippen molar-refractivity contribution in [2.45, 2.75) is 63.7 Å². The Labute approximate surface area is 156 Å². The second-order valence-electron chi connectivity index (χ2n) is 8.03. The molecule has 142 valence electrons. The summed E-state index contributed by atoms with van der Waals surface area (Å²) < 4.78 is 11.7. The van der Waals surface area contributed by atoms with E-state index in [9.17, 15) is 0 Å². The van der Waals surface area contributed by atoms with E-state index < -0.39 is 0 Å². The normalized spacial score (nSPS) is 26.5. The Morgan fingerprint density at radius 3 is 2.73 bits per heavy atom. The number of nitrogens with one attached hydrogen (secondary N) is 1. The molecule has 1 saturated heterocycles. The molecule has 2 fully saturated rings. The molecule has 0 amide bonds. The van der Waals surface area contributed by atoms with Gasteiger partial charge in [-0.15, -0.1) is 0 Å².